The Labute approximate surface area is 116 Å². The molecule has 0 saturated heterocycles. The van der Waals surface area contributed by atoms with Crippen molar-refractivity contribution in [2.75, 3.05) is 6.54 Å². The average Bonchev–Trinajstić information content (AvgIpc) is 2.34. The van der Waals surface area contributed by atoms with Crippen molar-refractivity contribution in [2.24, 2.45) is 5.92 Å². The molecule has 1 aromatic rings. The molecule has 1 unspecified atom stereocenters. The SMILES string of the molecule is CCCNC(CCCC(C)C)c1ccc(Cl)cn1. The second-order valence-corrected chi connectivity index (χ2v) is 5.67. The molecule has 2 nitrogen and oxygen atoms in total. The fourth-order valence-electron chi connectivity index (χ4n) is 2.00. The van der Waals surface area contributed by atoms with Crippen LogP contribution in [0.25, 0.3) is 0 Å². The summed E-state index contributed by atoms with van der Waals surface area (Å²) in [5.41, 5.74) is 1.11. The summed E-state index contributed by atoms with van der Waals surface area (Å²) in [6, 6.07) is 4.32. The van der Waals surface area contributed by atoms with Crippen molar-refractivity contribution in [3.05, 3.63) is 29.0 Å². The lowest BCUT2D eigenvalue weighted by Gasteiger charge is -2.18. The molecule has 0 saturated carbocycles. The lowest BCUT2D eigenvalue weighted by Crippen LogP contribution is -2.23. The van der Waals surface area contributed by atoms with Gasteiger partial charge in [0.15, 0.2) is 0 Å². The fourth-order valence-corrected chi connectivity index (χ4v) is 2.11. The molecular formula is C15H25ClN2. The molecular weight excluding hydrogens is 244 g/mol. The summed E-state index contributed by atoms with van der Waals surface area (Å²) in [5, 5.41) is 4.28. The van der Waals surface area contributed by atoms with E-state index in [1.165, 1.54) is 12.8 Å². The molecule has 1 rings (SSSR count). The number of nitrogens with one attached hydrogen (secondary N) is 1. The van der Waals surface area contributed by atoms with Gasteiger partial charge in [-0.1, -0.05) is 45.2 Å². The van der Waals surface area contributed by atoms with E-state index in [4.69, 9.17) is 11.6 Å². The second kappa shape index (κ2) is 8.49. The molecule has 1 N–H and O–H groups in total. The smallest absolute Gasteiger partial charge is 0.0589 e. The van der Waals surface area contributed by atoms with Crippen molar-refractivity contribution < 1.29 is 0 Å². The van der Waals surface area contributed by atoms with Gasteiger partial charge < -0.3 is 5.32 Å². The molecule has 0 fully saturated rings. The number of hydrogen-bond acceptors (Lipinski definition) is 2. The van der Waals surface area contributed by atoms with Gasteiger partial charge in [0.05, 0.1) is 10.7 Å². The molecule has 102 valence electrons. The molecule has 1 heterocycles. The molecule has 3 heteroatoms. The van der Waals surface area contributed by atoms with E-state index < -0.39 is 0 Å². The molecule has 0 amide bonds. The Balaban J connectivity index is 2.56. The molecule has 1 atom stereocenters. The van der Waals surface area contributed by atoms with Gasteiger partial charge in [-0.2, -0.15) is 0 Å². The summed E-state index contributed by atoms with van der Waals surface area (Å²) >= 11 is 5.88. The monoisotopic (exact) mass is 268 g/mol. The van der Waals surface area contributed by atoms with Crippen LogP contribution < -0.4 is 5.32 Å². The first-order chi connectivity index (χ1) is 8.63. The Bertz CT molecular complexity index is 322. The molecule has 0 bridgehead atoms. The van der Waals surface area contributed by atoms with Crippen LogP contribution in [0.1, 0.15) is 58.2 Å². The van der Waals surface area contributed by atoms with Crippen LogP contribution in [-0.4, -0.2) is 11.5 Å². The summed E-state index contributed by atoms with van der Waals surface area (Å²) in [4.78, 5) is 4.43. The number of pyridine rings is 1. The molecule has 18 heavy (non-hydrogen) atoms. The van der Waals surface area contributed by atoms with Gasteiger partial charge >= 0.3 is 0 Å². The van der Waals surface area contributed by atoms with Crippen LogP contribution in [0.5, 0.6) is 0 Å². The Morgan fingerprint density at radius 1 is 1.28 bits per heavy atom. The molecule has 0 aromatic carbocycles. The number of rotatable bonds is 8. The van der Waals surface area contributed by atoms with Crippen molar-refractivity contribution >= 4 is 11.6 Å². The van der Waals surface area contributed by atoms with Crippen LogP contribution in [0.4, 0.5) is 0 Å². The first kappa shape index (κ1) is 15.5. The molecule has 1 aromatic heterocycles. The molecule has 0 aliphatic carbocycles. The summed E-state index contributed by atoms with van der Waals surface area (Å²) in [5.74, 6) is 0.773. The van der Waals surface area contributed by atoms with Gasteiger partial charge in [-0.15, -0.1) is 0 Å². The Kier molecular flexibility index (Phi) is 7.29. The topological polar surface area (TPSA) is 24.9 Å². The maximum Gasteiger partial charge on any atom is 0.0589 e. The third kappa shape index (κ3) is 5.83. The zero-order valence-corrected chi connectivity index (χ0v) is 12.5. The lowest BCUT2D eigenvalue weighted by molar-refractivity contribution is 0.441. The van der Waals surface area contributed by atoms with Crippen molar-refractivity contribution in [3.8, 4) is 0 Å². The summed E-state index contributed by atoms with van der Waals surface area (Å²) in [7, 11) is 0. The Morgan fingerprint density at radius 3 is 2.61 bits per heavy atom. The van der Waals surface area contributed by atoms with Crippen molar-refractivity contribution in [2.45, 2.75) is 52.5 Å². The van der Waals surface area contributed by atoms with E-state index in [9.17, 15) is 0 Å². The maximum absolute atomic E-state index is 5.88. The van der Waals surface area contributed by atoms with E-state index in [2.05, 4.69) is 31.1 Å². The first-order valence-electron chi connectivity index (χ1n) is 6.98. The van der Waals surface area contributed by atoms with Gasteiger partial charge in [0.2, 0.25) is 0 Å². The number of aromatic nitrogens is 1. The number of halogens is 1. The highest BCUT2D eigenvalue weighted by Crippen LogP contribution is 2.20. The normalized spacial score (nSPS) is 12.9. The van der Waals surface area contributed by atoms with Crippen LogP contribution in [0, 0.1) is 5.92 Å². The van der Waals surface area contributed by atoms with Gasteiger partial charge in [0.1, 0.15) is 0 Å². The van der Waals surface area contributed by atoms with Crippen molar-refractivity contribution in [1.82, 2.24) is 10.3 Å². The zero-order chi connectivity index (χ0) is 13.4. The minimum atomic E-state index is 0.362. The maximum atomic E-state index is 5.88. The summed E-state index contributed by atoms with van der Waals surface area (Å²) in [6.45, 7) is 7.77. The van der Waals surface area contributed by atoms with E-state index in [0.29, 0.717) is 11.1 Å². The standard InChI is InChI=1S/C15H25ClN2/c1-4-10-17-14(7-5-6-12(2)3)15-9-8-13(16)11-18-15/h8-9,11-12,14,17H,4-7,10H2,1-3H3. The van der Waals surface area contributed by atoms with E-state index in [-0.39, 0.29) is 0 Å². The minimum Gasteiger partial charge on any atom is -0.309 e. The van der Waals surface area contributed by atoms with Crippen LogP contribution in [-0.2, 0) is 0 Å². The number of hydrogen-bond donors (Lipinski definition) is 1. The van der Waals surface area contributed by atoms with E-state index in [1.54, 1.807) is 6.20 Å². The zero-order valence-electron chi connectivity index (χ0n) is 11.7. The second-order valence-electron chi connectivity index (χ2n) is 5.23. The Hall–Kier alpha value is -0.600. The van der Waals surface area contributed by atoms with Crippen LogP contribution >= 0.6 is 11.6 Å². The highest BCUT2D eigenvalue weighted by Gasteiger charge is 2.11. The summed E-state index contributed by atoms with van der Waals surface area (Å²) in [6.07, 6.45) is 6.54. The molecule has 0 aliphatic rings. The largest absolute Gasteiger partial charge is 0.309 e. The lowest BCUT2D eigenvalue weighted by atomic mass is 10.0. The predicted octanol–water partition coefficient (Wildman–Crippen LogP) is 4.60. The highest BCUT2D eigenvalue weighted by molar-refractivity contribution is 6.30. The first-order valence-corrected chi connectivity index (χ1v) is 7.36. The van der Waals surface area contributed by atoms with Gasteiger partial charge in [-0.05, 0) is 37.4 Å². The number of nitrogens with zero attached hydrogens (tertiary/aromatic N) is 1. The average molecular weight is 269 g/mol. The Morgan fingerprint density at radius 2 is 2.06 bits per heavy atom. The van der Waals surface area contributed by atoms with Crippen LogP contribution in [0.2, 0.25) is 5.02 Å². The van der Waals surface area contributed by atoms with E-state index in [1.807, 2.05) is 12.1 Å². The van der Waals surface area contributed by atoms with Crippen LogP contribution in [0.3, 0.4) is 0 Å². The fraction of sp³-hybridized carbons (Fsp3) is 0.667. The van der Waals surface area contributed by atoms with E-state index >= 15 is 0 Å². The van der Waals surface area contributed by atoms with Crippen molar-refractivity contribution in [1.29, 1.82) is 0 Å². The third-order valence-electron chi connectivity index (χ3n) is 3.02. The minimum absolute atomic E-state index is 0.362. The predicted molar refractivity (Wildman–Crippen MR) is 79.0 cm³/mol. The third-order valence-corrected chi connectivity index (χ3v) is 3.25. The summed E-state index contributed by atoms with van der Waals surface area (Å²) < 4.78 is 0. The van der Waals surface area contributed by atoms with Gasteiger partial charge in [0.25, 0.3) is 0 Å². The van der Waals surface area contributed by atoms with E-state index in [0.717, 1.165) is 31.0 Å². The van der Waals surface area contributed by atoms with Crippen LogP contribution in [0.15, 0.2) is 18.3 Å². The molecule has 0 aliphatic heterocycles. The van der Waals surface area contributed by atoms with Gasteiger partial charge in [-0.25, -0.2) is 0 Å². The highest BCUT2D eigenvalue weighted by atomic mass is 35.5. The quantitative estimate of drug-likeness (QED) is 0.745. The van der Waals surface area contributed by atoms with Gasteiger partial charge in [0, 0.05) is 12.2 Å². The molecule has 0 spiro atoms. The molecule has 0 radical (unpaired) electrons. The van der Waals surface area contributed by atoms with Crippen molar-refractivity contribution in [3.63, 3.8) is 0 Å². The van der Waals surface area contributed by atoms with Gasteiger partial charge in [-0.3, -0.25) is 4.98 Å².